The SMILES string of the molecule is Cc1cccc2c1C=C(C(C)(C)C)C2C(C)(C)C. The Morgan fingerprint density at radius 2 is 1.56 bits per heavy atom. The first-order chi connectivity index (χ1) is 8.12. The largest absolute Gasteiger partial charge is 0.0617 e. The van der Waals surface area contributed by atoms with E-state index in [0.29, 0.717) is 5.92 Å². The average molecular weight is 242 g/mol. The first-order valence-electron chi connectivity index (χ1n) is 6.94. The topological polar surface area (TPSA) is 0 Å². The number of rotatable bonds is 0. The van der Waals surface area contributed by atoms with Gasteiger partial charge in [-0.3, -0.25) is 0 Å². The van der Waals surface area contributed by atoms with Crippen LogP contribution in [0.25, 0.3) is 6.08 Å². The van der Waals surface area contributed by atoms with Crippen molar-refractivity contribution in [3.8, 4) is 0 Å². The van der Waals surface area contributed by atoms with Crippen LogP contribution in [0.2, 0.25) is 0 Å². The van der Waals surface area contributed by atoms with Gasteiger partial charge >= 0.3 is 0 Å². The van der Waals surface area contributed by atoms with Crippen LogP contribution in [0.15, 0.2) is 23.8 Å². The summed E-state index contributed by atoms with van der Waals surface area (Å²) >= 11 is 0. The van der Waals surface area contributed by atoms with Gasteiger partial charge in [0.1, 0.15) is 0 Å². The van der Waals surface area contributed by atoms with Gasteiger partial charge in [0, 0.05) is 5.92 Å². The van der Waals surface area contributed by atoms with E-state index in [1.54, 1.807) is 5.57 Å². The van der Waals surface area contributed by atoms with Crippen molar-refractivity contribution in [1.82, 2.24) is 0 Å². The van der Waals surface area contributed by atoms with Crippen molar-refractivity contribution in [2.24, 2.45) is 10.8 Å². The highest BCUT2D eigenvalue weighted by molar-refractivity contribution is 5.70. The summed E-state index contributed by atoms with van der Waals surface area (Å²) < 4.78 is 0. The maximum absolute atomic E-state index is 2.45. The van der Waals surface area contributed by atoms with Crippen LogP contribution in [0.5, 0.6) is 0 Å². The fourth-order valence-corrected chi connectivity index (χ4v) is 3.14. The quantitative estimate of drug-likeness (QED) is 0.558. The van der Waals surface area contributed by atoms with E-state index in [-0.39, 0.29) is 10.8 Å². The van der Waals surface area contributed by atoms with Crippen LogP contribution >= 0.6 is 0 Å². The van der Waals surface area contributed by atoms with Gasteiger partial charge in [0.05, 0.1) is 0 Å². The Bertz CT molecular complexity index is 490. The highest BCUT2D eigenvalue weighted by atomic mass is 14.4. The van der Waals surface area contributed by atoms with Crippen LogP contribution in [0, 0.1) is 17.8 Å². The average Bonchev–Trinajstić information content (AvgIpc) is 2.56. The molecule has 1 aliphatic carbocycles. The molecule has 0 amide bonds. The number of benzene rings is 1. The lowest BCUT2D eigenvalue weighted by molar-refractivity contribution is 0.316. The van der Waals surface area contributed by atoms with Crippen LogP contribution in [0.4, 0.5) is 0 Å². The van der Waals surface area contributed by atoms with Gasteiger partial charge in [-0.1, -0.05) is 71.4 Å². The molecule has 1 aliphatic rings. The minimum absolute atomic E-state index is 0.239. The third kappa shape index (κ3) is 2.13. The van der Waals surface area contributed by atoms with Gasteiger partial charge in [0.25, 0.3) is 0 Å². The molecule has 0 saturated carbocycles. The lowest BCUT2D eigenvalue weighted by Gasteiger charge is -2.36. The van der Waals surface area contributed by atoms with Crippen LogP contribution in [-0.4, -0.2) is 0 Å². The minimum atomic E-state index is 0.239. The van der Waals surface area contributed by atoms with Crippen molar-refractivity contribution in [1.29, 1.82) is 0 Å². The second-order valence-corrected chi connectivity index (χ2v) is 7.73. The normalized spacial score (nSPS) is 19.7. The molecule has 0 N–H and O–H groups in total. The predicted molar refractivity (Wildman–Crippen MR) is 80.8 cm³/mol. The molecule has 1 unspecified atom stereocenters. The van der Waals surface area contributed by atoms with E-state index in [4.69, 9.17) is 0 Å². The van der Waals surface area contributed by atoms with E-state index < -0.39 is 0 Å². The predicted octanol–water partition coefficient (Wildman–Crippen LogP) is 5.57. The Hall–Kier alpha value is -1.04. The Morgan fingerprint density at radius 3 is 2.06 bits per heavy atom. The van der Waals surface area contributed by atoms with Gasteiger partial charge in [-0.2, -0.15) is 0 Å². The van der Waals surface area contributed by atoms with E-state index >= 15 is 0 Å². The van der Waals surface area contributed by atoms with Crippen molar-refractivity contribution in [3.05, 3.63) is 40.5 Å². The van der Waals surface area contributed by atoms with Crippen LogP contribution in [0.1, 0.15) is 64.2 Å². The fourth-order valence-electron chi connectivity index (χ4n) is 3.14. The van der Waals surface area contributed by atoms with Gasteiger partial charge < -0.3 is 0 Å². The van der Waals surface area contributed by atoms with Gasteiger partial charge in [0.2, 0.25) is 0 Å². The summed E-state index contributed by atoms with van der Waals surface area (Å²) in [4.78, 5) is 0. The lowest BCUT2D eigenvalue weighted by atomic mass is 9.68. The van der Waals surface area contributed by atoms with Crippen molar-refractivity contribution in [3.63, 3.8) is 0 Å². The molecule has 1 atom stereocenters. The highest BCUT2D eigenvalue weighted by Gasteiger charge is 2.39. The zero-order valence-corrected chi connectivity index (χ0v) is 12.9. The molecular weight excluding hydrogens is 216 g/mol. The molecule has 0 heteroatoms. The van der Waals surface area contributed by atoms with E-state index in [9.17, 15) is 0 Å². The van der Waals surface area contributed by atoms with Crippen LogP contribution < -0.4 is 0 Å². The molecular formula is C18H26. The number of hydrogen-bond donors (Lipinski definition) is 0. The molecule has 0 aliphatic heterocycles. The monoisotopic (exact) mass is 242 g/mol. The molecule has 0 heterocycles. The molecule has 2 rings (SSSR count). The number of allylic oxidation sites excluding steroid dienone is 1. The first kappa shape index (κ1) is 13.4. The van der Waals surface area contributed by atoms with Crippen LogP contribution in [0.3, 0.4) is 0 Å². The third-order valence-corrected chi connectivity index (χ3v) is 4.01. The van der Waals surface area contributed by atoms with Gasteiger partial charge in [-0.25, -0.2) is 0 Å². The molecule has 0 spiro atoms. The molecule has 98 valence electrons. The Morgan fingerprint density at radius 1 is 0.944 bits per heavy atom. The van der Waals surface area contributed by atoms with E-state index in [1.807, 2.05) is 0 Å². The fraction of sp³-hybridized carbons (Fsp3) is 0.556. The summed E-state index contributed by atoms with van der Waals surface area (Å²) in [6.45, 7) is 16.3. The van der Waals surface area contributed by atoms with Crippen molar-refractivity contribution >= 4 is 6.08 Å². The molecule has 1 aromatic rings. The maximum Gasteiger partial charge on any atom is 0.0111 e. The minimum Gasteiger partial charge on any atom is -0.0617 e. The van der Waals surface area contributed by atoms with Crippen molar-refractivity contribution in [2.75, 3.05) is 0 Å². The molecule has 0 radical (unpaired) electrons. The highest BCUT2D eigenvalue weighted by Crippen LogP contribution is 2.53. The lowest BCUT2D eigenvalue weighted by Crippen LogP contribution is -2.24. The van der Waals surface area contributed by atoms with Gasteiger partial charge in [-0.15, -0.1) is 0 Å². The summed E-state index contributed by atoms with van der Waals surface area (Å²) in [5.74, 6) is 0.549. The van der Waals surface area contributed by atoms with E-state index in [1.165, 1.54) is 16.7 Å². The second kappa shape index (κ2) is 3.98. The summed E-state index contributed by atoms with van der Waals surface area (Å²) in [6, 6.07) is 6.74. The third-order valence-electron chi connectivity index (χ3n) is 4.01. The smallest absolute Gasteiger partial charge is 0.0111 e. The Labute approximate surface area is 112 Å². The summed E-state index contributed by atoms with van der Waals surface area (Å²) in [7, 11) is 0. The number of hydrogen-bond acceptors (Lipinski definition) is 0. The second-order valence-electron chi connectivity index (χ2n) is 7.73. The number of fused-ring (bicyclic) bond motifs is 1. The standard InChI is InChI=1S/C18H26/c1-12-9-8-10-13-14(12)11-15(17(2,3)4)16(13)18(5,6)7/h8-11,16H,1-7H3. The first-order valence-corrected chi connectivity index (χ1v) is 6.94. The Balaban J connectivity index is 2.64. The molecule has 0 saturated heterocycles. The van der Waals surface area contributed by atoms with Crippen LogP contribution in [-0.2, 0) is 0 Å². The maximum atomic E-state index is 2.45. The summed E-state index contributed by atoms with van der Waals surface area (Å²) in [5, 5.41) is 0. The van der Waals surface area contributed by atoms with E-state index in [2.05, 4.69) is 72.7 Å². The van der Waals surface area contributed by atoms with Gasteiger partial charge in [-0.05, 0) is 34.4 Å². The molecule has 0 aromatic heterocycles. The summed E-state index contributed by atoms with van der Waals surface area (Å²) in [6.07, 6.45) is 2.45. The van der Waals surface area contributed by atoms with Gasteiger partial charge in [0.15, 0.2) is 0 Å². The molecule has 0 bridgehead atoms. The zero-order valence-electron chi connectivity index (χ0n) is 12.9. The Kier molecular flexibility index (Phi) is 2.96. The van der Waals surface area contributed by atoms with E-state index in [0.717, 1.165) is 0 Å². The van der Waals surface area contributed by atoms with Crippen molar-refractivity contribution in [2.45, 2.75) is 54.4 Å². The molecule has 1 aromatic carbocycles. The number of aryl methyl sites for hydroxylation is 1. The molecule has 0 nitrogen and oxygen atoms in total. The summed E-state index contributed by atoms with van der Waals surface area (Å²) in [5.41, 5.74) is 6.48. The molecule has 18 heavy (non-hydrogen) atoms. The molecule has 0 fully saturated rings. The zero-order chi connectivity index (χ0) is 13.7. The van der Waals surface area contributed by atoms with Crippen molar-refractivity contribution < 1.29 is 0 Å².